The molecular formula is C20H20ClN3O. The minimum atomic E-state index is -0.519. The van der Waals surface area contributed by atoms with E-state index in [4.69, 9.17) is 11.6 Å². The van der Waals surface area contributed by atoms with Gasteiger partial charge in [-0.1, -0.05) is 56.6 Å². The first kappa shape index (κ1) is 18.6. The third kappa shape index (κ3) is 5.10. The number of carbonyl (C=O) groups excluding carboxylic acids is 1. The molecule has 0 radical (unpaired) electrons. The maximum atomic E-state index is 12.2. The fourth-order valence-corrected chi connectivity index (χ4v) is 2.31. The number of carbonyl (C=O) groups is 1. The van der Waals surface area contributed by atoms with E-state index in [1.54, 1.807) is 24.3 Å². The molecule has 128 valence electrons. The predicted molar refractivity (Wildman–Crippen MR) is 103 cm³/mol. The fourth-order valence-electron chi connectivity index (χ4n) is 2.12. The number of nitriles is 1. The summed E-state index contributed by atoms with van der Waals surface area (Å²) in [6.07, 6.45) is 1.39. The fraction of sp³-hybridized carbons (Fsp3) is 0.200. The van der Waals surface area contributed by atoms with Gasteiger partial charge in [-0.3, -0.25) is 4.79 Å². The Balaban J connectivity index is 2.09. The lowest BCUT2D eigenvalue weighted by atomic mass is 9.87. The highest BCUT2D eigenvalue weighted by molar-refractivity contribution is 6.33. The molecule has 2 rings (SSSR count). The Morgan fingerprint density at radius 2 is 1.76 bits per heavy atom. The predicted octanol–water partition coefficient (Wildman–Crippen LogP) is 5.10. The average Bonchev–Trinajstić information content (AvgIpc) is 2.57. The minimum absolute atomic E-state index is 0.0418. The maximum Gasteiger partial charge on any atom is 0.267 e. The van der Waals surface area contributed by atoms with E-state index in [1.807, 2.05) is 30.3 Å². The summed E-state index contributed by atoms with van der Waals surface area (Å²) in [6.45, 7) is 6.42. The Kier molecular flexibility index (Phi) is 5.84. The van der Waals surface area contributed by atoms with Crippen LogP contribution in [0.5, 0.6) is 0 Å². The molecule has 0 aliphatic carbocycles. The van der Waals surface area contributed by atoms with Crippen LogP contribution in [0.15, 0.2) is 60.3 Å². The molecule has 0 bridgehead atoms. The first-order valence-corrected chi connectivity index (χ1v) is 8.22. The number of nitrogens with zero attached hydrogens (tertiary/aromatic N) is 1. The summed E-state index contributed by atoms with van der Waals surface area (Å²) in [5, 5.41) is 15.2. The number of para-hydroxylation sites is 1. The number of benzene rings is 2. The van der Waals surface area contributed by atoms with Gasteiger partial charge in [-0.25, -0.2) is 0 Å². The van der Waals surface area contributed by atoms with Gasteiger partial charge in [-0.15, -0.1) is 0 Å². The Morgan fingerprint density at radius 3 is 2.32 bits per heavy atom. The van der Waals surface area contributed by atoms with Gasteiger partial charge >= 0.3 is 0 Å². The molecule has 0 atom stereocenters. The van der Waals surface area contributed by atoms with Gasteiger partial charge < -0.3 is 10.6 Å². The lowest BCUT2D eigenvalue weighted by Crippen LogP contribution is -2.15. The van der Waals surface area contributed by atoms with Crippen molar-refractivity contribution in [3.63, 3.8) is 0 Å². The first-order chi connectivity index (χ1) is 11.8. The van der Waals surface area contributed by atoms with Gasteiger partial charge in [0.05, 0.1) is 10.7 Å². The summed E-state index contributed by atoms with van der Waals surface area (Å²) < 4.78 is 0. The second-order valence-electron chi connectivity index (χ2n) is 6.58. The standard InChI is InChI=1S/C20H20ClN3O/c1-20(2,3)15-8-10-16(11-9-15)23-13-14(12-22)19(25)24-18-7-5-4-6-17(18)21/h4-11,13,23H,1-3H3,(H,24,25)/b14-13-. The smallest absolute Gasteiger partial charge is 0.267 e. The van der Waals surface area contributed by atoms with Crippen LogP contribution in [0.1, 0.15) is 26.3 Å². The molecule has 0 spiro atoms. The van der Waals surface area contributed by atoms with Crippen LogP contribution in [0.4, 0.5) is 11.4 Å². The van der Waals surface area contributed by atoms with Crippen LogP contribution in [-0.4, -0.2) is 5.91 Å². The van der Waals surface area contributed by atoms with Crippen molar-refractivity contribution in [1.82, 2.24) is 0 Å². The first-order valence-electron chi connectivity index (χ1n) is 7.84. The summed E-state index contributed by atoms with van der Waals surface area (Å²) in [5.74, 6) is -0.519. The van der Waals surface area contributed by atoms with Crippen LogP contribution < -0.4 is 10.6 Å². The van der Waals surface area contributed by atoms with Gasteiger partial charge in [0.15, 0.2) is 0 Å². The van der Waals surface area contributed by atoms with Crippen molar-refractivity contribution in [2.75, 3.05) is 10.6 Å². The third-order valence-corrected chi connectivity index (χ3v) is 3.95. The summed E-state index contributed by atoms with van der Waals surface area (Å²) in [6, 6.07) is 16.6. The molecule has 0 saturated carbocycles. The van der Waals surface area contributed by atoms with Crippen LogP contribution >= 0.6 is 11.6 Å². The quantitative estimate of drug-likeness (QED) is 0.594. The van der Waals surface area contributed by atoms with Gasteiger partial charge in [0, 0.05) is 11.9 Å². The molecule has 0 aliphatic heterocycles. The number of halogens is 1. The Morgan fingerprint density at radius 1 is 1.12 bits per heavy atom. The highest BCUT2D eigenvalue weighted by Gasteiger charge is 2.13. The van der Waals surface area contributed by atoms with Crippen LogP contribution in [0.25, 0.3) is 0 Å². The zero-order valence-electron chi connectivity index (χ0n) is 14.4. The van der Waals surface area contributed by atoms with E-state index in [-0.39, 0.29) is 11.0 Å². The average molecular weight is 354 g/mol. The van der Waals surface area contributed by atoms with Crippen molar-refractivity contribution < 1.29 is 4.79 Å². The number of anilines is 2. The van der Waals surface area contributed by atoms with Gasteiger partial charge in [-0.2, -0.15) is 5.26 Å². The molecule has 0 aromatic heterocycles. The van der Waals surface area contributed by atoms with E-state index in [0.29, 0.717) is 10.7 Å². The Labute approximate surface area is 153 Å². The monoisotopic (exact) mass is 353 g/mol. The van der Waals surface area contributed by atoms with Gasteiger partial charge in [0.2, 0.25) is 0 Å². The number of hydrogen-bond donors (Lipinski definition) is 2. The molecule has 0 saturated heterocycles. The molecule has 5 heteroatoms. The highest BCUT2D eigenvalue weighted by Crippen LogP contribution is 2.24. The zero-order valence-corrected chi connectivity index (χ0v) is 15.2. The van der Waals surface area contributed by atoms with Gasteiger partial charge in [0.1, 0.15) is 11.6 Å². The van der Waals surface area contributed by atoms with Gasteiger partial charge in [-0.05, 0) is 35.2 Å². The van der Waals surface area contributed by atoms with E-state index in [0.717, 1.165) is 5.69 Å². The van der Waals surface area contributed by atoms with E-state index in [2.05, 4.69) is 31.4 Å². The molecular weight excluding hydrogens is 334 g/mol. The Bertz CT molecular complexity index is 827. The van der Waals surface area contributed by atoms with Crippen LogP contribution in [-0.2, 0) is 10.2 Å². The van der Waals surface area contributed by atoms with Crippen LogP contribution in [0.2, 0.25) is 5.02 Å². The van der Waals surface area contributed by atoms with E-state index >= 15 is 0 Å². The van der Waals surface area contributed by atoms with Gasteiger partial charge in [0.25, 0.3) is 5.91 Å². The molecule has 0 aliphatic rings. The van der Waals surface area contributed by atoms with Crippen molar-refractivity contribution >= 4 is 28.9 Å². The summed E-state index contributed by atoms with van der Waals surface area (Å²) in [5.41, 5.74) is 2.50. The molecule has 4 nitrogen and oxygen atoms in total. The van der Waals surface area contributed by atoms with E-state index in [9.17, 15) is 10.1 Å². The topological polar surface area (TPSA) is 64.9 Å². The molecule has 1 amide bonds. The second kappa shape index (κ2) is 7.87. The highest BCUT2D eigenvalue weighted by atomic mass is 35.5. The lowest BCUT2D eigenvalue weighted by Gasteiger charge is -2.19. The lowest BCUT2D eigenvalue weighted by molar-refractivity contribution is -0.112. The summed E-state index contributed by atoms with van der Waals surface area (Å²) in [4.78, 5) is 12.2. The largest absolute Gasteiger partial charge is 0.360 e. The zero-order chi connectivity index (χ0) is 18.4. The van der Waals surface area contributed by atoms with E-state index in [1.165, 1.54) is 11.8 Å². The van der Waals surface area contributed by atoms with Crippen molar-refractivity contribution in [2.24, 2.45) is 0 Å². The maximum absolute atomic E-state index is 12.2. The van der Waals surface area contributed by atoms with Crippen molar-refractivity contribution in [3.05, 3.63) is 70.9 Å². The van der Waals surface area contributed by atoms with E-state index < -0.39 is 5.91 Å². The third-order valence-electron chi connectivity index (χ3n) is 3.62. The van der Waals surface area contributed by atoms with Crippen molar-refractivity contribution in [1.29, 1.82) is 5.26 Å². The normalized spacial score (nSPS) is 11.6. The van der Waals surface area contributed by atoms with Crippen molar-refractivity contribution in [2.45, 2.75) is 26.2 Å². The summed E-state index contributed by atoms with van der Waals surface area (Å²) >= 11 is 6.01. The molecule has 2 aromatic rings. The van der Waals surface area contributed by atoms with Crippen molar-refractivity contribution in [3.8, 4) is 6.07 Å². The number of rotatable bonds is 4. The summed E-state index contributed by atoms with van der Waals surface area (Å²) in [7, 11) is 0. The molecule has 0 heterocycles. The second-order valence-corrected chi connectivity index (χ2v) is 6.98. The molecule has 0 unspecified atom stereocenters. The minimum Gasteiger partial charge on any atom is -0.360 e. The SMILES string of the molecule is CC(C)(C)c1ccc(N/C=C(/C#N)C(=O)Nc2ccccc2Cl)cc1. The molecule has 0 fully saturated rings. The molecule has 25 heavy (non-hydrogen) atoms. The van der Waals surface area contributed by atoms with Crippen LogP contribution in [0, 0.1) is 11.3 Å². The van der Waals surface area contributed by atoms with Crippen LogP contribution in [0.3, 0.4) is 0 Å². The number of amides is 1. The molecule has 2 aromatic carbocycles. The Hall–Kier alpha value is -2.77. The number of hydrogen-bond acceptors (Lipinski definition) is 3. The molecule has 2 N–H and O–H groups in total. The number of nitrogens with one attached hydrogen (secondary N) is 2.